The summed E-state index contributed by atoms with van der Waals surface area (Å²) in [5.74, 6) is -0.530. The van der Waals surface area contributed by atoms with E-state index in [1.807, 2.05) is 6.07 Å². The summed E-state index contributed by atoms with van der Waals surface area (Å²) in [5, 5.41) is 11.2. The Morgan fingerprint density at radius 2 is 1.62 bits per heavy atom. The molecule has 2 aromatic rings. The molecule has 1 fully saturated rings. The number of benzene rings is 2. The Bertz CT molecular complexity index is 777. The summed E-state index contributed by atoms with van der Waals surface area (Å²) in [5.41, 5.74) is 0.832. The molecule has 1 saturated heterocycles. The van der Waals surface area contributed by atoms with Crippen molar-refractivity contribution < 1.29 is 14.7 Å². The maximum absolute atomic E-state index is 12.8. The molecule has 0 aromatic heterocycles. The van der Waals surface area contributed by atoms with Gasteiger partial charge >= 0.3 is 6.03 Å². The van der Waals surface area contributed by atoms with Gasteiger partial charge in [-0.1, -0.05) is 53.5 Å². The van der Waals surface area contributed by atoms with Crippen LogP contribution in [0, 0.1) is 0 Å². The third kappa shape index (κ3) is 2.86. The smallest absolute Gasteiger partial charge is 0.331 e. The van der Waals surface area contributed by atoms with E-state index in [1.54, 1.807) is 24.3 Å². The number of halogens is 2. The number of urea groups is 1. The van der Waals surface area contributed by atoms with Crippen molar-refractivity contribution in [1.29, 1.82) is 0 Å². The molecule has 124 valence electrons. The molecule has 7 heteroatoms. The molecule has 1 heterocycles. The summed E-state index contributed by atoms with van der Waals surface area (Å²) in [6.45, 7) is 0. The van der Waals surface area contributed by atoms with E-state index in [9.17, 15) is 14.7 Å². The Morgan fingerprint density at radius 3 is 2.21 bits per heavy atom. The van der Waals surface area contributed by atoms with E-state index in [4.69, 9.17) is 23.2 Å². The molecule has 1 aliphatic rings. The second-order valence-corrected chi connectivity index (χ2v) is 6.37. The van der Waals surface area contributed by atoms with Gasteiger partial charge in [0.1, 0.15) is 12.1 Å². The lowest BCUT2D eigenvalue weighted by molar-refractivity contribution is -0.122. The summed E-state index contributed by atoms with van der Waals surface area (Å²) < 4.78 is 0. The third-order valence-corrected chi connectivity index (χ3v) is 4.37. The van der Waals surface area contributed by atoms with Crippen LogP contribution in [0.5, 0.6) is 0 Å². The average Bonchev–Trinajstić information content (AvgIpc) is 2.76. The number of hydrogen-bond donors (Lipinski definition) is 1. The molecular formula is C17H14Cl2N2O3. The minimum atomic E-state index is -1.13. The van der Waals surface area contributed by atoms with E-state index < -0.39 is 24.1 Å². The van der Waals surface area contributed by atoms with Gasteiger partial charge in [0, 0.05) is 17.1 Å². The molecule has 0 bridgehead atoms. The molecule has 0 saturated carbocycles. The van der Waals surface area contributed by atoms with Gasteiger partial charge in [0.15, 0.2) is 0 Å². The predicted molar refractivity (Wildman–Crippen MR) is 92.3 cm³/mol. The number of anilines is 1. The van der Waals surface area contributed by atoms with Crippen LogP contribution in [0.1, 0.15) is 11.7 Å². The number of likely N-dealkylation sites (N-methyl/N-ethyl adjacent to an activating group) is 1. The minimum absolute atomic E-state index is 0.275. The summed E-state index contributed by atoms with van der Waals surface area (Å²) in [6, 6.07) is 11.6. The van der Waals surface area contributed by atoms with Crippen molar-refractivity contribution in [2.24, 2.45) is 0 Å². The molecule has 3 amide bonds. The Labute approximate surface area is 149 Å². The summed E-state index contributed by atoms with van der Waals surface area (Å²) in [6.07, 6.45) is -1.13. The quantitative estimate of drug-likeness (QED) is 0.847. The maximum atomic E-state index is 12.8. The van der Waals surface area contributed by atoms with E-state index in [-0.39, 0.29) is 5.69 Å². The number of aliphatic hydroxyl groups is 1. The van der Waals surface area contributed by atoms with Crippen molar-refractivity contribution in [2.45, 2.75) is 12.1 Å². The fraction of sp³-hybridized carbons (Fsp3) is 0.176. The first kappa shape index (κ1) is 16.8. The summed E-state index contributed by atoms with van der Waals surface area (Å²) in [4.78, 5) is 27.5. The van der Waals surface area contributed by atoms with Gasteiger partial charge in [-0.3, -0.25) is 4.79 Å². The number of carbonyl (C=O) groups excluding carboxylic acids is 2. The largest absolute Gasteiger partial charge is 0.386 e. The van der Waals surface area contributed by atoms with Crippen LogP contribution in [-0.2, 0) is 4.79 Å². The molecule has 2 aromatic carbocycles. The van der Waals surface area contributed by atoms with Crippen LogP contribution >= 0.6 is 23.2 Å². The van der Waals surface area contributed by atoms with Gasteiger partial charge < -0.3 is 10.0 Å². The summed E-state index contributed by atoms with van der Waals surface area (Å²) >= 11 is 11.9. The van der Waals surface area contributed by atoms with Crippen LogP contribution in [0.15, 0.2) is 48.5 Å². The number of amides is 3. The molecule has 1 N–H and O–H groups in total. The highest BCUT2D eigenvalue weighted by atomic mass is 35.5. The van der Waals surface area contributed by atoms with Crippen molar-refractivity contribution >= 4 is 40.8 Å². The number of nitrogens with zero attached hydrogens (tertiary/aromatic N) is 2. The van der Waals surface area contributed by atoms with Crippen molar-refractivity contribution in [3.8, 4) is 0 Å². The molecular weight excluding hydrogens is 351 g/mol. The molecule has 1 aliphatic heterocycles. The Morgan fingerprint density at radius 1 is 1.04 bits per heavy atom. The van der Waals surface area contributed by atoms with Crippen LogP contribution in [-0.4, -0.2) is 35.0 Å². The standard InChI is InChI=1S/C17H14Cl2N2O3/c1-20-14(15(22)10-5-3-2-4-6-10)16(23)21(17(20)24)13-8-11(18)7-12(19)9-13/h2-9,14-15,22H,1H3. The lowest BCUT2D eigenvalue weighted by atomic mass is 10.0. The van der Waals surface area contributed by atoms with E-state index >= 15 is 0 Å². The van der Waals surface area contributed by atoms with Crippen molar-refractivity contribution in [2.75, 3.05) is 11.9 Å². The van der Waals surface area contributed by atoms with Crippen LogP contribution in [0.2, 0.25) is 10.0 Å². The van der Waals surface area contributed by atoms with Crippen LogP contribution in [0.4, 0.5) is 10.5 Å². The molecule has 0 spiro atoms. The van der Waals surface area contributed by atoms with Gasteiger partial charge in [0.05, 0.1) is 5.69 Å². The maximum Gasteiger partial charge on any atom is 0.331 e. The van der Waals surface area contributed by atoms with E-state index in [2.05, 4.69) is 0 Å². The number of hydrogen-bond acceptors (Lipinski definition) is 3. The SMILES string of the molecule is CN1C(=O)N(c2cc(Cl)cc(Cl)c2)C(=O)C1C(O)c1ccccc1. The van der Waals surface area contributed by atoms with E-state index in [1.165, 1.54) is 30.1 Å². The highest BCUT2D eigenvalue weighted by Gasteiger charge is 2.47. The molecule has 2 unspecified atom stereocenters. The average molecular weight is 365 g/mol. The molecule has 3 rings (SSSR count). The van der Waals surface area contributed by atoms with Crippen LogP contribution in [0.3, 0.4) is 0 Å². The first-order valence-electron chi connectivity index (χ1n) is 7.20. The van der Waals surface area contributed by atoms with Crippen molar-refractivity contribution in [3.63, 3.8) is 0 Å². The molecule has 0 radical (unpaired) electrons. The summed E-state index contributed by atoms with van der Waals surface area (Å²) in [7, 11) is 1.48. The Hall–Kier alpha value is -2.08. The highest BCUT2D eigenvalue weighted by molar-refractivity contribution is 6.35. The molecule has 24 heavy (non-hydrogen) atoms. The van der Waals surface area contributed by atoms with Crippen LogP contribution < -0.4 is 4.90 Å². The fourth-order valence-corrected chi connectivity index (χ4v) is 3.27. The normalized spacial score (nSPS) is 19.1. The minimum Gasteiger partial charge on any atom is -0.386 e. The number of aliphatic hydroxyl groups excluding tert-OH is 1. The lowest BCUT2D eigenvalue weighted by Gasteiger charge is -2.22. The fourth-order valence-electron chi connectivity index (χ4n) is 2.75. The van der Waals surface area contributed by atoms with Crippen molar-refractivity contribution in [3.05, 3.63) is 64.1 Å². The van der Waals surface area contributed by atoms with Gasteiger partial charge in [0.2, 0.25) is 0 Å². The first-order valence-corrected chi connectivity index (χ1v) is 7.95. The van der Waals surface area contributed by atoms with E-state index in [0.29, 0.717) is 15.6 Å². The Balaban J connectivity index is 1.97. The zero-order valence-electron chi connectivity index (χ0n) is 12.7. The topological polar surface area (TPSA) is 60.9 Å². The number of carbonyl (C=O) groups is 2. The van der Waals surface area contributed by atoms with Gasteiger partial charge in [-0.15, -0.1) is 0 Å². The first-order chi connectivity index (χ1) is 11.4. The second-order valence-electron chi connectivity index (χ2n) is 5.50. The van der Waals surface area contributed by atoms with Gasteiger partial charge in [-0.05, 0) is 23.8 Å². The predicted octanol–water partition coefficient (Wildman–Crippen LogP) is 3.49. The second kappa shape index (κ2) is 6.43. The van der Waals surface area contributed by atoms with E-state index in [0.717, 1.165) is 4.90 Å². The van der Waals surface area contributed by atoms with Crippen molar-refractivity contribution in [1.82, 2.24) is 4.90 Å². The zero-order chi connectivity index (χ0) is 17.4. The highest BCUT2D eigenvalue weighted by Crippen LogP contribution is 2.33. The van der Waals surface area contributed by atoms with Gasteiger partial charge in [-0.25, -0.2) is 9.69 Å². The number of imide groups is 1. The van der Waals surface area contributed by atoms with Gasteiger partial charge in [0.25, 0.3) is 5.91 Å². The third-order valence-electron chi connectivity index (χ3n) is 3.93. The number of rotatable bonds is 3. The lowest BCUT2D eigenvalue weighted by Crippen LogP contribution is -2.37. The molecule has 2 atom stereocenters. The molecule has 5 nitrogen and oxygen atoms in total. The van der Waals surface area contributed by atoms with Gasteiger partial charge in [-0.2, -0.15) is 0 Å². The molecule has 0 aliphatic carbocycles. The monoisotopic (exact) mass is 364 g/mol. The van der Waals surface area contributed by atoms with Crippen LogP contribution in [0.25, 0.3) is 0 Å². The Kier molecular flexibility index (Phi) is 4.49. The zero-order valence-corrected chi connectivity index (χ0v) is 14.2.